The number of thiocarbonyl (C=S) groups is 1. The summed E-state index contributed by atoms with van der Waals surface area (Å²) in [6.07, 6.45) is 0.365. The molecular formula is C13H16N2O2S. The van der Waals surface area contributed by atoms with Gasteiger partial charge in [-0.1, -0.05) is 42.5 Å². The van der Waals surface area contributed by atoms with Gasteiger partial charge in [0.1, 0.15) is 4.99 Å². The lowest BCUT2D eigenvalue weighted by molar-refractivity contribution is -0.129. The van der Waals surface area contributed by atoms with Gasteiger partial charge in [0.15, 0.2) is 0 Å². The van der Waals surface area contributed by atoms with E-state index in [1.807, 2.05) is 47.6 Å². The van der Waals surface area contributed by atoms with E-state index >= 15 is 0 Å². The molecule has 0 radical (unpaired) electrons. The van der Waals surface area contributed by atoms with Crippen LogP contribution >= 0.6 is 12.2 Å². The van der Waals surface area contributed by atoms with Crippen molar-refractivity contribution in [3.8, 4) is 0 Å². The number of nitrogens with one attached hydrogen (secondary N) is 1. The van der Waals surface area contributed by atoms with Crippen LogP contribution in [0.1, 0.15) is 24.9 Å². The van der Waals surface area contributed by atoms with Crippen molar-refractivity contribution in [3.05, 3.63) is 35.9 Å². The van der Waals surface area contributed by atoms with Gasteiger partial charge in [-0.3, -0.25) is 15.5 Å². The number of hydroxylamine groups is 1. The first-order chi connectivity index (χ1) is 8.63. The molecule has 0 bridgehead atoms. The fourth-order valence-corrected chi connectivity index (χ4v) is 2.44. The molecule has 96 valence electrons. The molecule has 5 heteroatoms. The first-order valence-corrected chi connectivity index (χ1v) is 6.32. The Morgan fingerprint density at radius 1 is 1.50 bits per heavy atom. The number of carbonyl (C=O) groups excluding carboxylic acids is 1. The number of hydrogen-bond donors (Lipinski definition) is 2. The Balaban J connectivity index is 2.10. The highest BCUT2D eigenvalue weighted by Gasteiger charge is 2.35. The number of hydrogen-bond acceptors (Lipinski definition) is 3. The van der Waals surface area contributed by atoms with Gasteiger partial charge < -0.3 is 4.90 Å². The normalized spacial score (nSPS) is 20.9. The van der Waals surface area contributed by atoms with Gasteiger partial charge in [0.05, 0.1) is 6.04 Å². The van der Waals surface area contributed by atoms with Crippen LogP contribution < -0.4 is 5.48 Å². The Morgan fingerprint density at radius 3 is 2.78 bits per heavy atom. The zero-order chi connectivity index (χ0) is 13.1. The summed E-state index contributed by atoms with van der Waals surface area (Å²) in [5.41, 5.74) is 3.09. The average molecular weight is 264 g/mol. The van der Waals surface area contributed by atoms with Crippen molar-refractivity contribution in [1.82, 2.24) is 10.4 Å². The van der Waals surface area contributed by atoms with E-state index in [1.54, 1.807) is 0 Å². The highest BCUT2D eigenvalue weighted by molar-refractivity contribution is 7.80. The third-order valence-corrected chi connectivity index (χ3v) is 3.81. The summed E-state index contributed by atoms with van der Waals surface area (Å²) in [4.78, 5) is 14.1. The Kier molecular flexibility index (Phi) is 3.93. The highest BCUT2D eigenvalue weighted by Crippen LogP contribution is 2.28. The van der Waals surface area contributed by atoms with Crippen molar-refractivity contribution in [2.45, 2.75) is 19.4 Å². The zero-order valence-electron chi connectivity index (χ0n) is 10.2. The first kappa shape index (κ1) is 13.0. The van der Waals surface area contributed by atoms with E-state index in [0.29, 0.717) is 18.0 Å². The summed E-state index contributed by atoms with van der Waals surface area (Å²) in [7, 11) is 0. The van der Waals surface area contributed by atoms with Crippen molar-refractivity contribution in [2.24, 2.45) is 5.92 Å². The highest BCUT2D eigenvalue weighted by atomic mass is 32.1. The molecule has 0 spiro atoms. The molecular weight excluding hydrogens is 248 g/mol. The van der Waals surface area contributed by atoms with Gasteiger partial charge in [-0.15, -0.1) is 0 Å². The lowest BCUT2D eigenvalue weighted by Gasteiger charge is -2.25. The van der Waals surface area contributed by atoms with E-state index in [0.717, 1.165) is 5.56 Å². The van der Waals surface area contributed by atoms with Crippen LogP contribution in [0.2, 0.25) is 0 Å². The summed E-state index contributed by atoms with van der Waals surface area (Å²) in [6.45, 7) is 2.56. The number of carbonyl (C=O) groups is 1. The molecule has 2 N–H and O–H groups in total. The molecule has 1 aliphatic heterocycles. The van der Waals surface area contributed by atoms with Gasteiger partial charge in [-0.05, 0) is 12.5 Å². The van der Waals surface area contributed by atoms with Crippen LogP contribution in [-0.2, 0) is 4.79 Å². The number of amides is 1. The van der Waals surface area contributed by atoms with E-state index in [-0.39, 0.29) is 17.9 Å². The maximum absolute atomic E-state index is 12.0. The molecule has 4 nitrogen and oxygen atoms in total. The van der Waals surface area contributed by atoms with Gasteiger partial charge in [0.2, 0.25) is 5.91 Å². The van der Waals surface area contributed by atoms with E-state index in [4.69, 9.17) is 17.4 Å². The van der Waals surface area contributed by atoms with Crippen molar-refractivity contribution in [1.29, 1.82) is 0 Å². The zero-order valence-corrected chi connectivity index (χ0v) is 11.0. The molecule has 1 unspecified atom stereocenters. The second kappa shape index (κ2) is 5.46. The van der Waals surface area contributed by atoms with Crippen LogP contribution in [0, 0.1) is 5.92 Å². The Labute approximate surface area is 112 Å². The molecule has 0 aromatic heterocycles. The van der Waals surface area contributed by atoms with E-state index in [9.17, 15) is 4.79 Å². The summed E-state index contributed by atoms with van der Waals surface area (Å²) in [6, 6.07) is 9.93. The molecule has 1 aromatic carbocycles. The van der Waals surface area contributed by atoms with Crippen LogP contribution in [0.5, 0.6) is 0 Å². The maximum atomic E-state index is 12.0. The van der Waals surface area contributed by atoms with Crippen LogP contribution in [0.4, 0.5) is 0 Å². The Morgan fingerprint density at radius 2 is 2.17 bits per heavy atom. The van der Waals surface area contributed by atoms with Gasteiger partial charge in [-0.2, -0.15) is 0 Å². The molecule has 0 saturated carbocycles. The molecule has 18 heavy (non-hydrogen) atoms. The number of nitrogens with zero attached hydrogens (tertiary/aromatic N) is 1. The summed E-state index contributed by atoms with van der Waals surface area (Å²) in [5, 5.41) is 8.80. The van der Waals surface area contributed by atoms with Crippen molar-refractivity contribution >= 4 is 23.1 Å². The van der Waals surface area contributed by atoms with Crippen LogP contribution in [0.3, 0.4) is 0 Å². The summed E-state index contributed by atoms with van der Waals surface area (Å²) in [5.74, 6) is -0.0161. The topological polar surface area (TPSA) is 52.6 Å². The molecule has 1 amide bonds. The Hall–Kier alpha value is -1.46. The molecule has 0 aliphatic carbocycles. The second-order valence-corrected chi connectivity index (χ2v) is 4.95. The molecule has 2 atom stereocenters. The van der Waals surface area contributed by atoms with Crippen molar-refractivity contribution in [2.75, 3.05) is 6.54 Å². The minimum absolute atomic E-state index is 0.0326. The quantitative estimate of drug-likeness (QED) is 0.647. The minimum atomic E-state index is -0.0938. The number of benzene rings is 1. The first-order valence-electron chi connectivity index (χ1n) is 5.92. The third-order valence-electron chi connectivity index (χ3n) is 3.39. The lowest BCUT2D eigenvalue weighted by Crippen LogP contribution is -2.31. The van der Waals surface area contributed by atoms with Crippen LogP contribution in [-0.4, -0.2) is 27.5 Å². The molecule has 2 rings (SSSR count). The van der Waals surface area contributed by atoms with Crippen LogP contribution in [0.15, 0.2) is 30.3 Å². The van der Waals surface area contributed by atoms with Crippen LogP contribution in [0.25, 0.3) is 0 Å². The maximum Gasteiger partial charge on any atom is 0.223 e. The second-order valence-electron chi connectivity index (χ2n) is 4.51. The molecule has 1 fully saturated rings. The Bertz CT molecular complexity index is 450. The fraction of sp³-hybridized carbons (Fsp3) is 0.385. The summed E-state index contributed by atoms with van der Waals surface area (Å²) < 4.78 is 0. The molecule has 1 heterocycles. The molecule has 1 saturated heterocycles. The van der Waals surface area contributed by atoms with E-state index in [1.165, 1.54) is 0 Å². The predicted octanol–water partition coefficient (Wildman–Crippen LogP) is 1.90. The van der Waals surface area contributed by atoms with Gasteiger partial charge >= 0.3 is 0 Å². The van der Waals surface area contributed by atoms with Gasteiger partial charge in [-0.25, -0.2) is 0 Å². The predicted molar refractivity (Wildman–Crippen MR) is 72.2 cm³/mol. The fourth-order valence-electron chi connectivity index (χ4n) is 2.28. The lowest BCUT2D eigenvalue weighted by atomic mass is 10.1. The standard InChI is InChI=1S/C13H16N2O2S/c1-9(10-5-3-2-4-6-10)15-8-11(7-12(15)16)13(18)14-17/h2-6,9,11,17H,7-8H2,1H3,(H,14,18)/t9-,11?/m0/s1. The molecule has 1 aromatic rings. The van der Waals surface area contributed by atoms with Crippen molar-refractivity contribution in [3.63, 3.8) is 0 Å². The van der Waals surface area contributed by atoms with E-state index < -0.39 is 0 Å². The van der Waals surface area contributed by atoms with Crippen molar-refractivity contribution < 1.29 is 10.0 Å². The van der Waals surface area contributed by atoms with Gasteiger partial charge in [0.25, 0.3) is 0 Å². The molecule has 1 aliphatic rings. The SMILES string of the molecule is C[C@@H](c1ccccc1)N1CC(C(=S)NO)CC1=O. The third kappa shape index (κ3) is 2.52. The minimum Gasteiger partial charge on any atom is -0.335 e. The van der Waals surface area contributed by atoms with E-state index in [2.05, 4.69) is 0 Å². The number of likely N-dealkylation sites (tertiary alicyclic amines) is 1. The number of rotatable bonds is 3. The monoisotopic (exact) mass is 264 g/mol. The van der Waals surface area contributed by atoms with Gasteiger partial charge in [0, 0.05) is 18.9 Å². The smallest absolute Gasteiger partial charge is 0.223 e. The average Bonchev–Trinajstić information content (AvgIpc) is 2.80. The largest absolute Gasteiger partial charge is 0.335 e. The summed E-state index contributed by atoms with van der Waals surface area (Å²) >= 11 is 4.98.